The minimum absolute atomic E-state index is 0.117. The lowest BCUT2D eigenvalue weighted by Gasteiger charge is -1.96. The van der Waals surface area contributed by atoms with Gasteiger partial charge in [-0.2, -0.15) is 8.42 Å². The van der Waals surface area contributed by atoms with E-state index in [1.54, 1.807) is 29.0 Å². The predicted molar refractivity (Wildman–Crippen MR) is 57.0 cm³/mol. The van der Waals surface area contributed by atoms with Crippen LogP contribution in [0.25, 0.3) is 16.6 Å². The summed E-state index contributed by atoms with van der Waals surface area (Å²) >= 11 is 0. The van der Waals surface area contributed by atoms with Gasteiger partial charge in [0.1, 0.15) is 6.26 Å². The van der Waals surface area contributed by atoms with Crippen LogP contribution >= 0.6 is 0 Å². The van der Waals surface area contributed by atoms with Crippen LogP contribution in [0.15, 0.2) is 46.0 Å². The number of benzene rings is 1. The predicted octanol–water partition coefficient (Wildman–Crippen LogP) is 1.93. The Bertz CT molecular complexity index is 781. The van der Waals surface area contributed by atoms with E-state index in [4.69, 9.17) is 8.97 Å². The second kappa shape index (κ2) is 2.87. The Morgan fingerprint density at radius 2 is 2.06 bits per heavy atom. The summed E-state index contributed by atoms with van der Waals surface area (Å²) in [5.41, 5.74) is 1.46. The van der Waals surface area contributed by atoms with Crippen molar-refractivity contribution in [2.24, 2.45) is 0 Å². The minimum atomic E-state index is -4.15. The molecule has 0 amide bonds. The molecule has 0 atom stereocenters. The van der Waals surface area contributed by atoms with Crippen LogP contribution in [0.4, 0.5) is 0 Å². The highest BCUT2D eigenvalue weighted by molar-refractivity contribution is 7.85. The molecule has 3 aromatic rings. The highest BCUT2D eigenvalue weighted by atomic mass is 32.2. The average molecular weight is 237 g/mol. The fourth-order valence-electron chi connectivity index (χ4n) is 1.75. The van der Waals surface area contributed by atoms with Crippen LogP contribution in [0.2, 0.25) is 0 Å². The van der Waals surface area contributed by atoms with Crippen molar-refractivity contribution in [3.63, 3.8) is 0 Å². The monoisotopic (exact) mass is 237 g/mol. The van der Waals surface area contributed by atoms with Gasteiger partial charge < -0.3 is 4.42 Å². The molecule has 0 spiro atoms. The zero-order chi connectivity index (χ0) is 11.3. The van der Waals surface area contributed by atoms with E-state index in [-0.39, 0.29) is 4.90 Å². The van der Waals surface area contributed by atoms with E-state index in [9.17, 15) is 8.42 Å². The molecule has 0 aliphatic heterocycles. The van der Waals surface area contributed by atoms with Crippen LogP contribution in [-0.2, 0) is 10.1 Å². The molecule has 1 aromatic carbocycles. The summed E-state index contributed by atoms with van der Waals surface area (Å²) < 4.78 is 37.8. The molecule has 0 bridgehead atoms. The molecule has 0 aliphatic rings. The summed E-state index contributed by atoms with van der Waals surface area (Å²) in [7, 11) is -4.15. The SMILES string of the molecule is O=S(=O)(O)c1ccc2c(c1)cc1occn12. The molecule has 82 valence electrons. The van der Waals surface area contributed by atoms with Crippen molar-refractivity contribution in [2.75, 3.05) is 0 Å². The van der Waals surface area contributed by atoms with Crippen LogP contribution in [0.5, 0.6) is 0 Å². The number of oxazole rings is 1. The Kier molecular flexibility index (Phi) is 1.69. The summed E-state index contributed by atoms with van der Waals surface area (Å²) in [6, 6.07) is 6.11. The first-order valence-electron chi connectivity index (χ1n) is 4.51. The van der Waals surface area contributed by atoms with Crippen molar-refractivity contribution >= 4 is 26.7 Å². The molecule has 0 saturated carbocycles. The van der Waals surface area contributed by atoms with Gasteiger partial charge in [0.25, 0.3) is 10.1 Å². The third-order valence-corrected chi connectivity index (χ3v) is 3.32. The molecule has 5 nitrogen and oxygen atoms in total. The quantitative estimate of drug-likeness (QED) is 0.656. The molecule has 0 aliphatic carbocycles. The highest BCUT2D eigenvalue weighted by Crippen LogP contribution is 2.23. The van der Waals surface area contributed by atoms with Crippen molar-refractivity contribution in [1.29, 1.82) is 0 Å². The van der Waals surface area contributed by atoms with Crippen molar-refractivity contribution in [3.8, 4) is 0 Å². The smallest absolute Gasteiger partial charge is 0.294 e. The first-order valence-corrected chi connectivity index (χ1v) is 5.95. The number of fused-ring (bicyclic) bond motifs is 3. The van der Waals surface area contributed by atoms with Crippen LogP contribution in [0.3, 0.4) is 0 Å². The van der Waals surface area contributed by atoms with Gasteiger partial charge in [0.05, 0.1) is 10.4 Å². The lowest BCUT2D eigenvalue weighted by molar-refractivity contribution is 0.483. The summed E-state index contributed by atoms with van der Waals surface area (Å²) in [5.74, 6) is 0. The lowest BCUT2D eigenvalue weighted by atomic mass is 10.2. The second-order valence-electron chi connectivity index (χ2n) is 3.45. The van der Waals surface area contributed by atoms with Crippen LogP contribution in [-0.4, -0.2) is 17.4 Å². The van der Waals surface area contributed by atoms with Gasteiger partial charge in [-0.25, -0.2) is 0 Å². The van der Waals surface area contributed by atoms with Gasteiger partial charge in [-0.1, -0.05) is 0 Å². The molecule has 6 heteroatoms. The number of rotatable bonds is 1. The largest absolute Gasteiger partial charge is 0.447 e. The fourth-order valence-corrected chi connectivity index (χ4v) is 2.27. The Balaban J connectivity index is 2.41. The molecular weight excluding hydrogens is 230 g/mol. The van der Waals surface area contributed by atoms with Gasteiger partial charge in [-0.05, 0) is 18.2 Å². The van der Waals surface area contributed by atoms with Crippen molar-refractivity contribution in [1.82, 2.24) is 4.40 Å². The molecule has 16 heavy (non-hydrogen) atoms. The Hall–Kier alpha value is -1.79. The van der Waals surface area contributed by atoms with Gasteiger partial charge in [-0.3, -0.25) is 8.95 Å². The van der Waals surface area contributed by atoms with E-state index >= 15 is 0 Å². The number of hydrogen-bond acceptors (Lipinski definition) is 3. The van der Waals surface area contributed by atoms with Gasteiger partial charge in [0, 0.05) is 17.6 Å². The Morgan fingerprint density at radius 3 is 2.81 bits per heavy atom. The average Bonchev–Trinajstić information content (AvgIpc) is 2.74. The van der Waals surface area contributed by atoms with E-state index in [1.165, 1.54) is 12.1 Å². The molecule has 2 heterocycles. The van der Waals surface area contributed by atoms with Crippen molar-refractivity contribution in [3.05, 3.63) is 36.7 Å². The maximum atomic E-state index is 11.0. The molecule has 0 unspecified atom stereocenters. The maximum Gasteiger partial charge on any atom is 0.294 e. The van der Waals surface area contributed by atoms with Crippen molar-refractivity contribution < 1.29 is 17.4 Å². The molecule has 2 aromatic heterocycles. The summed E-state index contributed by atoms with van der Waals surface area (Å²) in [6.07, 6.45) is 3.29. The van der Waals surface area contributed by atoms with Crippen LogP contribution in [0.1, 0.15) is 0 Å². The second-order valence-corrected chi connectivity index (χ2v) is 4.87. The van der Waals surface area contributed by atoms with Crippen LogP contribution in [0, 0.1) is 0 Å². The third kappa shape index (κ3) is 1.24. The number of aromatic nitrogens is 1. The summed E-state index contributed by atoms with van der Waals surface area (Å²) in [4.78, 5) is -0.117. The summed E-state index contributed by atoms with van der Waals surface area (Å²) in [6.45, 7) is 0. The highest BCUT2D eigenvalue weighted by Gasteiger charge is 2.12. The molecular formula is C10H7NO4S. The first kappa shape index (κ1) is 9.44. The van der Waals surface area contributed by atoms with E-state index in [1.807, 2.05) is 0 Å². The molecule has 1 N–H and O–H groups in total. The van der Waals surface area contributed by atoms with Gasteiger partial charge in [0.15, 0.2) is 0 Å². The first-order chi connectivity index (χ1) is 7.55. The zero-order valence-electron chi connectivity index (χ0n) is 7.99. The number of hydrogen-bond donors (Lipinski definition) is 1. The van der Waals surface area contributed by atoms with E-state index in [2.05, 4.69) is 0 Å². The van der Waals surface area contributed by atoms with Gasteiger partial charge in [0.2, 0.25) is 5.71 Å². The van der Waals surface area contributed by atoms with Crippen LogP contribution < -0.4 is 0 Å². The minimum Gasteiger partial charge on any atom is -0.447 e. The molecule has 0 saturated heterocycles. The lowest BCUT2D eigenvalue weighted by Crippen LogP contribution is -1.97. The van der Waals surface area contributed by atoms with Crippen molar-refractivity contribution in [2.45, 2.75) is 4.90 Å². The molecule has 0 radical (unpaired) electrons. The molecule has 0 fully saturated rings. The van der Waals surface area contributed by atoms with Gasteiger partial charge >= 0.3 is 0 Å². The van der Waals surface area contributed by atoms with Gasteiger partial charge in [-0.15, -0.1) is 0 Å². The topological polar surface area (TPSA) is 71.9 Å². The van der Waals surface area contributed by atoms with E-state index in [0.717, 1.165) is 5.52 Å². The maximum absolute atomic E-state index is 11.0. The Morgan fingerprint density at radius 1 is 1.25 bits per heavy atom. The fraction of sp³-hybridized carbons (Fsp3) is 0. The van der Waals surface area contributed by atoms with E-state index < -0.39 is 10.1 Å². The third-order valence-electron chi connectivity index (χ3n) is 2.47. The van der Waals surface area contributed by atoms with E-state index in [0.29, 0.717) is 11.1 Å². The normalized spacial score (nSPS) is 12.6. The standard InChI is InChI=1S/C10H7NO4S/c12-16(13,14)8-1-2-9-7(5-8)6-10-11(9)3-4-15-10/h1-6H,(H,12,13,14). The zero-order valence-corrected chi connectivity index (χ0v) is 8.81. The summed E-state index contributed by atoms with van der Waals surface area (Å²) in [5, 5.41) is 0.703. The Labute approximate surface area is 90.7 Å². The number of nitrogens with zero attached hydrogens (tertiary/aromatic N) is 1. The molecule has 3 rings (SSSR count).